The van der Waals surface area contributed by atoms with Crippen molar-refractivity contribution in [1.82, 2.24) is 0 Å². The van der Waals surface area contributed by atoms with Crippen LogP contribution in [0.5, 0.6) is 34.5 Å². The summed E-state index contributed by atoms with van der Waals surface area (Å²) in [6, 6.07) is 22.1. The second-order valence-corrected chi connectivity index (χ2v) is 10.7. The molecule has 4 aromatic rings. The lowest BCUT2D eigenvalue weighted by Gasteiger charge is -2.25. The number of amidine groups is 1. The minimum Gasteiger partial charge on any atom is -0.452 e. The van der Waals surface area contributed by atoms with Gasteiger partial charge in [-0.05, 0) is 75.4 Å². The first-order valence-corrected chi connectivity index (χ1v) is 14.6. The van der Waals surface area contributed by atoms with Crippen LogP contribution in [0.15, 0.2) is 76.7 Å². The van der Waals surface area contributed by atoms with Crippen molar-refractivity contribution in [2.75, 3.05) is 18.9 Å². The third-order valence-corrected chi connectivity index (χ3v) is 7.49. The Kier molecular flexibility index (Phi) is 8.62. The molecule has 6 nitrogen and oxygen atoms in total. The van der Waals surface area contributed by atoms with Crippen molar-refractivity contribution in [3.63, 3.8) is 0 Å². The predicted octanol–water partition coefficient (Wildman–Crippen LogP) is 9.71. The summed E-state index contributed by atoms with van der Waals surface area (Å²) < 4.78 is 20.6. The molecule has 0 fully saturated rings. The minimum atomic E-state index is 0.471. The van der Waals surface area contributed by atoms with Gasteiger partial charge < -0.3 is 19.5 Å². The lowest BCUT2D eigenvalue weighted by Crippen LogP contribution is -2.12. The molecule has 0 saturated heterocycles. The largest absolute Gasteiger partial charge is 0.452 e. The molecule has 0 radical (unpaired) electrons. The third kappa shape index (κ3) is 5.62. The molecule has 1 aliphatic rings. The van der Waals surface area contributed by atoms with Crippen molar-refractivity contribution >= 4 is 17.2 Å². The molecule has 216 valence electrons. The highest BCUT2D eigenvalue weighted by Gasteiger charge is 2.36. The van der Waals surface area contributed by atoms with Crippen LogP contribution in [0.25, 0.3) is 0 Å². The standard InChI is InChI=1S/C36H39N3O3/c1-8-9-21-38-31-29-26(6)39-36(37-7)30(29)33(42-32-24(4)17-14-18-25(32)5)35(41-28-20-13-11-16-23(28)3)34(31)40-27-19-12-10-15-22(27)2/h10-20,38H,8-9,21H2,1-7H3. The van der Waals surface area contributed by atoms with E-state index in [4.69, 9.17) is 19.2 Å². The molecule has 5 rings (SSSR count). The summed E-state index contributed by atoms with van der Waals surface area (Å²) in [5.74, 6) is 4.36. The van der Waals surface area contributed by atoms with E-state index >= 15 is 0 Å². The molecule has 42 heavy (non-hydrogen) atoms. The van der Waals surface area contributed by atoms with E-state index in [9.17, 15) is 0 Å². The number of para-hydroxylation sites is 3. The Balaban J connectivity index is 1.87. The number of anilines is 1. The van der Waals surface area contributed by atoms with E-state index in [1.54, 1.807) is 7.05 Å². The van der Waals surface area contributed by atoms with E-state index in [2.05, 4.69) is 17.2 Å². The first-order valence-electron chi connectivity index (χ1n) is 14.6. The highest BCUT2D eigenvalue weighted by Crippen LogP contribution is 2.55. The average molecular weight is 562 g/mol. The maximum Gasteiger partial charge on any atom is 0.215 e. The van der Waals surface area contributed by atoms with Crippen molar-refractivity contribution < 1.29 is 14.2 Å². The topological polar surface area (TPSA) is 64.4 Å². The number of aliphatic imine (C=N–C) groups is 2. The van der Waals surface area contributed by atoms with Gasteiger partial charge in [0.25, 0.3) is 0 Å². The van der Waals surface area contributed by atoms with Gasteiger partial charge in [0.15, 0.2) is 17.3 Å². The smallest absolute Gasteiger partial charge is 0.215 e. The zero-order valence-electron chi connectivity index (χ0n) is 25.6. The summed E-state index contributed by atoms with van der Waals surface area (Å²) in [6.45, 7) is 13.1. The van der Waals surface area contributed by atoms with Crippen LogP contribution >= 0.6 is 0 Å². The fourth-order valence-corrected chi connectivity index (χ4v) is 5.16. The molecule has 1 aliphatic heterocycles. The molecule has 0 aromatic heterocycles. The molecule has 0 saturated carbocycles. The van der Waals surface area contributed by atoms with Gasteiger partial charge in [0.2, 0.25) is 5.75 Å². The number of benzene rings is 4. The van der Waals surface area contributed by atoms with Crippen LogP contribution in [-0.2, 0) is 0 Å². The number of hydrogen-bond donors (Lipinski definition) is 1. The Morgan fingerprint density at radius 3 is 1.79 bits per heavy atom. The third-order valence-electron chi connectivity index (χ3n) is 7.49. The molecular weight excluding hydrogens is 522 g/mol. The second-order valence-electron chi connectivity index (χ2n) is 10.7. The Bertz CT molecular complexity index is 1670. The van der Waals surface area contributed by atoms with Crippen LogP contribution in [-0.4, -0.2) is 25.1 Å². The van der Waals surface area contributed by atoms with Gasteiger partial charge in [0.05, 0.1) is 17.0 Å². The van der Waals surface area contributed by atoms with Gasteiger partial charge in [0, 0.05) is 19.2 Å². The molecule has 0 amide bonds. The molecule has 0 unspecified atom stereocenters. The number of fused-ring (bicyclic) bond motifs is 1. The maximum atomic E-state index is 6.91. The number of unbranched alkanes of at least 4 members (excludes halogenated alkanes) is 1. The van der Waals surface area contributed by atoms with Gasteiger partial charge in [-0.25, -0.2) is 4.99 Å². The van der Waals surface area contributed by atoms with E-state index in [1.165, 1.54) is 0 Å². The Labute approximate surface area is 249 Å². The lowest BCUT2D eigenvalue weighted by atomic mass is 9.99. The van der Waals surface area contributed by atoms with Crippen molar-refractivity contribution in [3.8, 4) is 34.5 Å². The normalized spacial score (nSPS) is 13.1. The van der Waals surface area contributed by atoms with Gasteiger partial charge in [-0.1, -0.05) is 67.9 Å². The van der Waals surface area contributed by atoms with Crippen LogP contribution in [0, 0.1) is 27.7 Å². The molecule has 1 heterocycles. The Hall–Kier alpha value is -4.58. The summed E-state index contributed by atoms with van der Waals surface area (Å²) in [6.07, 6.45) is 2.05. The molecular formula is C36H39N3O3. The van der Waals surface area contributed by atoms with E-state index in [0.29, 0.717) is 28.8 Å². The quantitative estimate of drug-likeness (QED) is 0.196. The van der Waals surface area contributed by atoms with Crippen molar-refractivity contribution in [3.05, 3.63) is 100 Å². The molecule has 1 N–H and O–H groups in total. The number of nitrogens with zero attached hydrogens (tertiary/aromatic N) is 2. The number of ether oxygens (including phenoxy) is 3. The van der Waals surface area contributed by atoms with Gasteiger partial charge >= 0.3 is 0 Å². The van der Waals surface area contributed by atoms with E-state index in [0.717, 1.165) is 75.7 Å². The van der Waals surface area contributed by atoms with Crippen molar-refractivity contribution in [2.24, 2.45) is 9.98 Å². The van der Waals surface area contributed by atoms with Gasteiger partial charge in [-0.15, -0.1) is 0 Å². The highest BCUT2D eigenvalue weighted by atomic mass is 16.5. The Morgan fingerprint density at radius 1 is 0.643 bits per heavy atom. The van der Waals surface area contributed by atoms with Crippen LogP contribution < -0.4 is 19.5 Å². The SMILES string of the molecule is CCCCNc1c(Oc2ccccc2C)c(Oc2ccccc2C)c(Oc2c(C)cccc2C)c2c1C(C)=NC2=NC. The van der Waals surface area contributed by atoms with E-state index < -0.39 is 0 Å². The molecule has 0 spiro atoms. The fraction of sp³-hybridized carbons (Fsp3) is 0.278. The zero-order valence-corrected chi connectivity index (χ0v) is 25.6. The zero-order chi connectivity index (χ0) is 29.8. The summed E-state index contributed by atoms with van der Waals surface area (Å²) >= 11 is 0. The van der Waals surface area contributed by atoms with Gasteiger partial charge in [-0.3, -0.25) is 4.99 Å². The van der Waals surface area contributed by atoms with Gasteiger partial charge in [0.1, 0.15) is 17.2 Å². The van der Waals surface area contributed by atoms with Crippen LogP contribution in [0.1, 0.15) is 60.1 Å². The molecule has 6 heteroatoms. The maximum absolute atomic E-state index is 6.91. The molecule has 0 atom stereocenters. The van der Waals surface area contributed by atoms with E-state index in [-0.39, 0.29) is 0 Å². The van der Waals surface area contributed by atoms with Crippen molar-refractivity contribution in [2.45, 2.75) is 54.4 Å². The monoisotopic (exact) mass is 561 g/mol. The molecule has 4 aromatic carbocycles. The summed E-state index contributed by atoms with van der Waals surface area (Å²) in [4.78, 5) is 9.46. The van der Waals surface area contributed by atoms with Crippen LogP contribution in [0.3, 0.4) is 0 Å². The number of aryl methyl sites for hydroxylation is 4. The average Bonchev–Trinajstić information content (AvgIpc) is 3.31. The molecule has 0 aliphatic carbocycles. The number of nitrogens with one attached hydrogen (secondary N) is 1. The summed E-state index contributed by atoms with van der Waals surface area (Å²) in [5.41, 5.74) is 7.40. The van der Waals surface area contributed by atoms with E-state index in [1.807, 2.05) is 101 Å². The second kappa shape index (κ2) is 12.5. The van der Waals surface area contributed by atoms with Gasteiger partial charge in [-0.2, -0.15) is 0 Å². The lowest BCUT2D eigenvalue weighted by molar-refractivity contribution is 0.383. The first kappa shape index (κ1) is 28.9. The fourth-order valence-electron chi connectivity index (χ4n) is 5.16. The minimum absolute atomic E-state index is 0.471. The number of rotatable bonds is 10. The predicted molar refractivity (Wildman–Crippen MR) is 173 cm³/mol. The molecule has 0 bridgehead atoms. The first-order chi connectivity index (χ1) is 20.3. The highest BCUT2D eigenvalue weighted by molar-refractivity contribution is 6.27. The summed E-state index contributed by atoms with van der Waals surface area (Å²) in [7, 11) is 1.76. The van der Waals surface area contributed by atoms with Crippen molar-refractivity contribution in [1.29, 1.82) is 0 Å². The Morgan fingerprint density at radius 2 is 1.21 bits per heavy atom. The van der Waals surface area contributed by atoms with Crippen LogP contribution in [0.4, 0.5) is 5.69 Å². The van der Waals surface area contributed by atoms with Crippen LogP contribution in [0.2, 0.25) is 0 Å². The summed E-state index contributed by atoms with van der Waals surface area (Å²) in [5, 5.41) is 3.69. The number of hydrogen-bond acceptors (Lipinski definition) is 5.